The minimum Gasteiger partial charge on any atom is -0.318 e. The van der Waals surface area contributed by atoms with Gasteiger partial charge in [0.25, 0.3) is 0 Å². The molecule has 0 unspecified atom stereocenters. The van der Waals surface area contributed by atoms with Crippen LogP contribution in [-0.2, 0) is 0 Å². The van der Waals surface area contributed by atoms with Crippen molar-refractivity contribution in [1.82, 2.24) is 9.13 Å². The van der Waals surface area contributed by atoms with Crippen molar-refractivity contribution < 1.29 is 0 Å². The normalized spacial score (nSPS) is 11.5. The molecule has 214 valence electrons. The van der Waals surface area contributed by atoms with Crippen LogP contribution >= 0.6 is 0 Å². The summed E-state index contributed by atoms with van der Waals surface area (Å²) in [5.41, 5.74) is 11.6. The molecule has 9 rings (SSSR count). The second kappa shape index (κ2) is 10.4. The van der Waals surface area contributed by atoms with Gasteiger partial charge in [0.15, 0.2) is 0 Å². The number of nitrogens with zero attached hydrogens (tertiary/aromatic N) is 3. The molecule has 0 aliphatic carbocycles. The summed E-state index contributed by atoms with van der Waals surface area (Å²) >= 11 is 0. The van der Waals surface area contributed by atoms with Crippen LogP contribution in [0.1, 0.15) is 0 Å². The van der Waals surface area contributed by atoms with Crippen LogP contribution in [0.25, 0.3) is 82.1 Å². The molecule has 9 aromatic rings. The SMILES string of the molecule is [C-]#[N+]c1cccc(-c2ccccc2-c2ccc3c4ccccc4n(-c4ccccc4)c3c2)c1-n1c2ccccc2c2ccccc21. The summed E-state index contributed by atoms with van der Waals surface area (Å²) in [4.78, 5) is 4.06. The molecule has 0 aliphatic heterocycles. The Bertz CT molecular complexity index is 2600. The quantitative estimate of drug-likeness (QED) is 0.182. The maximum atomic E-state index is 8.24. The number of fused-ring (bicyclic) bond motifs is 6. The van der Waals surface area contributed by atoms with Crippen LogP contribution in [0.15, 0.2) is 164 Å². The molecule has 0 spiro atoms. The van der Waals surface area contributed by atoms with Crippen LogP contribution in [-0.4, -0.2) is 9.13 Å². The fourth-order valence-corrected chi connectivity index (χ4v) is 7.20. The van der Waals surface area contributed by atoms with Crippen LogP contribution in [0.4, 0.5) is 5.69 Å². The molecule has 0 amide bonds. The Labute approximate surface area is 266 Å². The van der Waals surface area contributed by atoms with Gasteiger partial charge in [-0.25, -0.2) is 4.85 Å². The third-order valence-electron chi connectivity index (χ3n) is 9.16. The highest BCUT2D eigenvalue weighted by molar-refractivity contribution is 6.12. The molecule has 2 aromatic heterocycles. The van der Waals surface area contributed by atoms with E-state index in [0.29, 0.717) is 5.69 Å². The molecule has 0 radical (unpaired) electrons. The van der Waals surface area contributed by atoms with Crippen LogP contribution < -0.4 is 0 Å². The van der Waals surface area contributed by atoms with Gasteiger partial charge in [-0.1, -0.05) is 127 Å². The van der Waals surface area contributed by atoms with Gasteiger partial charge < -0.3 is 9.13 Å². The highest BCUT2D eigenvalue weighted by Gasteiger charge is 2.21. The molecular weight excluding hydrogens is 558 g/mol. The zero-order chi connectivity index (χ0) is 30.6. The summed E-state index contributed by atoms with van der Waals surface area (Å²) in [6.45, 7) is 8.24. The lowest BCUT2D eigenvalue weighted by molar-refractivity contribution is 1.18. The molecule has 0 N–H and O–H groups in total. The zero-order valence-corrected chi connectivity index (χ0v) is 24.9. The maximum absolute atomic E-state index is 8.24. The van der Waals surface area contributed by atoms with E-state index in [1.54, 1.807) is 0 Å². The molecule has 3 nitrogen and oxygen atoms in total. The highest BCUT2D eigenvalue weighted by atomic mass is 15.0. The summed E-state index contributed by atoms with van der Waals surface area (Å²) in [6, 6.07) is 57.7. The summed E-state index contributed by atoms with van der Waals surface area (Å²) in [6.07, 6.45) is 0. The summed E-state index contributed by atoms with van der Waals surface area (Å²) < 4.78 is 4.64. The van der Waals surface area contributed by atoms with Gasteiger partial charge in [0.1, 0.15) is 0 Å². The largest absolute Gasteiger partial charge is 0.318 e. The van der Waals surface area contributed by atoms with E-state index >= 15 is 0 Å². The topological polar surface area (TPSA) is 14.2 Å². The third kappa shape index (κ3) is 3.84. The lowest BCUT2D eigenvalue weighted by Gasteiger charge is -2.18. The van der Waals surface area contributed by atoms with E-state index in [-0.39, 0.29) is 0 Å². The summed E-state index contributed by atoms with van der Waals surface area (Å²) in [5.74, 6) is 0. The molecule has 46 heavy (non-hydrogen) atoms. The molecular formula is C43H27N3. The standard InChI is InChI=1S/C43H27N3/c1-44-38-22-13-21-37(43(38)46-40-24-11-8-18-33(40)34-19-9-12-25-41(34)46)32-17-6-5-16-31(32)29-26-27-36-35-20-7-10-23-39(35)45(42(36)28-29)30-14-3-2-4-15-30/h2-28H. The second-order valence-corrected chi connectivity index (χ2v) is 11.6. The Kier molecular flexibility index (Phi) is 5.88. The first-order chi connectivity index (χ1) is 22.8. The Hall–Kier alpha value is -6.37. The number of aromatic nitrogens is 2. The minimum absolute atomic E-state index is 0.624. The Morgan fingerprint density at radius 1 is 0.391 bits per heavy atom. The van der Waals surface area contributed by atoms with Gasteiger partial charge >= 0.3 is 0 Å². The fraction of sp³-hybridized carbons (Fsp3) is 0. The molecule has 0 aliphatic rings. The molecule has 0 fully saturated rings. The maximum Gasteiger partial charge on any atom is 0.211 e. The van der Waals surface area contributed by atoms with Gasteiger partial charge in [0, 0.05) is 27.2 Å². The van der Waals surface area contributed by atoms with Crippen molar-refractivity contribution in [2.45, 2.75) is 0 Å². The Morgan fingerprint density at radius 3 is 1.57 bits per heavy atom. The molecule has 0 saturated carbocycles. The molecule has 0 bridgehead atoms. The monoisotopic (exact) mass is 585 g/mol. The Morgan fingerprint density at radius 2 is 0.913 bits per heavy atom. The number of hydrogen-bond donors (Lipinski definition) is 0. The fourth-order valence-electron chi connectivity index (χ4n) is 7.20. The van der Waals surface area contributed by atoms with E-state index in [1.165, 1.54) is 27.1 Å². The van der Waals surface area contributed by atoms with E-state index < -0.39 is 0 Å². The molecule has 3 heteroatoms. The number of rotatable bonds is 4. The predicted octanol–water partition coefficient (Wildman–Crippen LogP) is 11.8. The van der Waals surface area contributed by atoms with Crippen LogP contribution in [0, 0.1) is 6.57 Å². The number of hydrogen-bond acceptors (Lipinski definition) is 0. The van der Waals surface area contributed by atoms with Crippen molar-refractivity contribution in [3.05, 3.63) is 175 Å². The summed E-state index contributed by atoms with van der Waals surface area (Å²) in [7, 11) is 0. The first-order valence-electron chi connectivity index (χ1n) is 15.5. The van der Waals surface area contributed by atoms with Crippen molar-refractivity contribution in [2.75, 3.05) is 0 Å². The molecule has 7 aromatic carbocycles. The predicted molar refractivity (Wildman–Crippen MR) is 192 cm³/mol. The van der Waals surface area contributed by atoms with E-state index in [2.05, 4.69) is 166 Å². The average molecular weight is 586 g/mol. The van der Waals surface area contributed by atoms with Crippen molar-refractivity contribution >= 4 is 49.3 Å². The lowest BCUT2D eigenvalue weighted by Crippen LogP contribution is -1.99. The highest BCUT2D eigenvalue weighted by Crippen LogP contribution is 2.44. The summed E-state index contributed by atoms with van der Waals surface area (Å²) in [5, 5.41) is 4.81. The zero-order valence-electron chi connectivity index (χ0n) is 24.9. The molecule has 0 saturated heterocycles. The number of para-hydroxylation sites is 5. The molecule has 0 atom stereocenters. The van der Waals surface area contributed by atoms with Gasteiger partial charge in [-0.3, -0.25) is 0 Å². The number of benzene rings is 7. The van der Waals surface area contributed by atoms with Gasteiger partial charge in [-0.2, -0.15) is 0 Å². The van der Waals surface area contributed by atoms with Gasteiger partial charge in [-0.05, 0) is 58.7 Å². The van der Waals surface area contributed by atoms with Crippen molar-refractivity contribution in [3.8, 4) is 33.6 Å². The van der Waals surface area contributed by atoms with E-state index in [9.17, 15) is 0 Å². The van der Waals surface area contributed by atoms with Crippen molar-refractivity contribution in [3.63, 3.8) is 0 Å². The first-order valence-corrected chi connectivity index (χ1v) is 15.5. The van der Waals surface area contributed by atoms with Crippen LogP contribution in [0.5, 0.6) is 0 Å². The minimum atomic E-state index is 0.624. The second-order valence-electron chi connectivity index (χ2n) is 11.6. The first kappa shape index (κ1) is 26.1. The third-order valence-corrected chi connectivity index (χ3v) is 9.16. The van der Waals surface area contributed by atoms with Crippen molar-refractivity contribution in [1.29, 1.82) is 0 Å². The van der Waals surface area contributed by atoms with Gasteiger partial charge in [0.2, 0.25) is 5.69 Å². The lowest BCUT2D eigenvalue weighted by atomic mass is 9.92. The van der Waals surface area contributed by atoms with Crippen molar-refractivity contribution in [2.24, 2.45) is 0 Å². The Balaban J connectivity index is 1.33. The van der Waals surface area contributed by atoms with Crippen LogP contribution in [0.3, 0.4) is 0 Å². The van der Waals surface area contributed by atoms with Crippen LogP contribution in [0.2, 0.25) is 0 Å². The average Bonchev–Trinajstić information content (AvgIpc) is 3.64. The van der Waals surface area contributed by atoms with E-state index in [4.69, 9.17) is 6.57 Å². The van der Waals surface area contributed by atoms with E-state index in [0.717, 1.165) is 50.2 Å². The van der Waals surface area contributed by atoms with E-state index in [1.807, 2.05) is 12.1 Å². The van der Waals surface area contributed by atoms with Gasteiger partial charge in [0.05, 0.1) is 34.3 Å². The smallest absolute Gasteiger partial charge is 0.211 e. The molecule has 2 heterocycles. The van der Waals surface area contributed by atoms with Gasteiger partial charge in [-0.15, -0.1) is 0 Å².